The molecule has 0 radical (unpaired) electrons. The van der Waals surface area contributed by atoms with Crippen LogP contribution in [0.4, 0.5) is 0 Å². The zero-order valence-corrected chi connectivity index (χ0v) is 9.85. The summed E-state index contributed by atoms with van der Waals surface area (Å²) < 4.78 is 0. The molecule has 2 atom stereocenters. The number of carboxylic acid groups (broad SMARTS) is 2. The number of benzene rings is 1. The lowest BCUT2D eigenvalue weighted by molar-refractivity contribution is 0.0673. The van der Waals surface area contributed by atoms with Crippen LogP contribution in [0.3, 0.4) is 0 Å². The van der Waals surface area contributed by atoms with Gasteiger partial charge in [-0.3, -0.25) is 0 Å². The molecule has 0 bridgehead atoms. The third-order valence-electron chi connectivity index (χ3n) is 4.26. The first-order valence-corrected chi connectivity index (χ1v) is 6.24. The van der Waals surface area contributed by atoms with Crippen molar-refractivity contribution in [2.24, 2.45) is 0 Å². The minimum absolute atomic E-state index is 0.263. The number of aromatic carboxylic acids is 2. The molecule has 2 unspecified atom stereocenters. The summed E-state index contributed by atoms with van der Waals surface area (Å²) in [5, 5.41) is 18.4. The summed E-state index contributed by atoms with van der Waals surface area (Å²) in [5.41, 5.74) is 2.15. The van der Waals surface area contributed by atoms with E-state index in [1.807, 2.05) is 0 Å². The zero-order chi connectivity index (χ0) is 12.9. The molecule has 4 heteroatoms. The molecular formula is C14H14O4. The van der Waals surface area contributed by atoms with Gasteiger partial charge in [0.15, 0.2) is 0 Å². The highest BCUT2D eigenvalue weighted by atomic mass is 16.4. The van der Waals surface area contributed by atoms with Crippen LogP contribution < -0.4 is 0 Å². The Labute approximate surface area is 104 Å². The third kappa shape index (κ3) is 1.38. The largest absolute Gasteiger partial charge is 0.478 e. The Balaban J connectivity index is 2.18. The summed E-state index contributed by atoms with van der Waals surface area (Å²) in [6, 6.07) is 2.88. The van der Waals surface area contributed by atoms with Crippen LogP contribution in [-0.4, -0.2) is 22.2 Å². The first kappa shape index (κ1) is 11.3. The molecule has 94 valence electrons. The van der Waals surface area contributed by atoms with Crippen molar-refractivity contribution in [1.29, 1.82) is 0 Å². The fraction of sp³-hybridized carbons (Fsp3) is 0.429. The minimum Gasteiger partial charge on any atom is -0.478 e. The lowest BCUT2D eigenvalue weighted by Gasteiger charge is -2.44. The molecule has 0 heterocycles. The maximum atomic E-state index is 11.2. The minimum atomic E-state index is -0.952. The Morgan fingerprint density at radius 1 is 0.889 bits per heavy atom. The number of carbonyl (C=O) groups is 2. The number of fused-ring (bicyclic) bond motifs is 4. The van der Waals surface area contributed by atoms with E-state index in [9.17, 15) is 19.8 Å². The van der Waals surface area contributed by atoms with Crippen molar-refractivity contribution < 1.29 is 19.8 Å². The summed E-state index contributed by atoms with van der Waals surface area (Å²) in [5.74, 6) is -1.38. The predicted octanol–water partition coefficient (Wildman–Crippen LogP) is 2.84. The normalized spacial score (nSPS) is 24.7. The summed E-state index contributed by atoms with van der Waals surface area (Å²) >= 11 is 0. The van der Waals surface area contributed by atoms with Gasteiger partial charge in [0, 0.05) is 0 Å². The molecule has 0 saturated heterocycles. The summed E-state index contributed by atoms with van der Waals surface area (Å²) in [4.78, 5) is 22.4. The van der Waals surface area contributed by atoms with Crippen molar-refractivity contribution in [3.8, 4) is 0 Å². The average molecular weight is 246 g/mol. The smallest absolute Gasteiger partial charge is 0.335 e. The van der Waals surface area contributed by atoms with E-state index in [1.165, 1.54) is 12.1 Å². The van der Waals surface area contributed by atoms with Gasteiger partial charge in [0.25, 0.3) is 0 Å². The molecule has 3 rings (SSSR count). The van der Waals surface area contributed by atoms with Gasteiger partial charge in [0.1, 0.15) is 0 Å². The van der Waals surface area contributed by atoms with Crippen molar-refractivity contribution in [3.05, 3.63) is 34.4 Å². The van der Waals surface area contributed by atoms with E-state index < -0.39 is 11.9 Å². The summed E-state index contributed by atoms with van der Waals surface area (Å²) in [6.45, 7) is 0. The molecule has 0 amide bonds. The molecule has 4 nitrogen and oxygen atoms in total. The van der Waals surface area contributed by atoms with Gasteiger partial charge >= 0.3 is 11.9 Å². The Bertz CT molecular complexity index is 498. The lowest BCUT2D eigenvalue weighted by Crippen LogP contribution is -2.32. The Hall–Kier alpha value is -1.84. The highest BCUT2D eigenvalue weighted by Crippen LogP contribution is 2.56. The molecule has 1 fully saturated rings. The molecule has 1 saturated carbocycles. The van der Waals surface area contributed by atoms with Gasteiger partial charge in [-0.2, -0.15) is 0 Å². The van der Waals surface area contributed by atoms with Crippen LogP contribution in [0.2, 0.25) is 0 Å². The molecule has 2 N–H and O–H groups in total. The molecule has 2 aliphatic rings. The van der Waals surface area contributed by atoms with Crippen LogP contribution in [-0.2, 0) is 0 Å². The van der Waals surface area contributed by atoms with Gasteiger partial charge in [0.05, 0.1) is 11.1 Å². The van der Waals surface area contributed by atoms with Gasteiger partial charge in [-0.25, -0.2) is 9.59 Å². The van der Waals surface area contributed by atoms with E-state index in [2.05, 4.69) is 0 Å². The second kappa shape index (κ2) is 3.83. The van der Waals surface area contributed by atoms with Crippen molar-refractivity contribution in [3.63, 3.8) is 0 Å². The number of carboxylic acids is 2. The van der Waals surface area contributed by atoms with Crippen LogP contribution in [0.1, 0.15) is 69.4 Å². The molecule has 0 aromatic heterocycles. The van der Waals surface area contributed by atoms with Crippen LogP contribution in [0.5, 0.6) is 0 Å². The van der Waals surface area contributed by atoms with Gasteiger partial charge in [-0.1, -0.05) is 12.8 Å². The zero-order valence-electron chi connectivity index (χ0n) is 9.85. The summed E-state index contributed by atoms with van der Waals surface area (Å²) in [6.07, 6.45) is 4.19. The maximum Gasteiger partial charge on any atom is 0.335 e. The first-order valence-electron chi connectivity index (χ1n) is 6.24. The first-order chi connectivity index (χ1) is 8.61. The molecule has 2 aliphatic carbocycles. The van der Waals surface area contributed by atoms with E-state index in [1.54, 1.807) is 0 Å². The lowest BCUT2D eigenvalue weighted by atomic mass is 9.59. The van der Waals surface area contributed by atoms with E-state index in [0.717, 1.165) is 36.8 Å². The van der Waals surface area contributed by atoms with Crippen LogP contribution >= 0.6 is 0 Å². The second-order valence-corrected chi connectivity index (χ2v) is 5.10. The summed E-state index contributed by atoms with van der Waals surface area (Å²) in [7, 11) is 0. The van der Waals surface area contributed by atoms with Gasteiger partial charge in [-0.05, 0) is 47.9 Å². The second-order valence-electron chi connectivity index (χ2n) is 5.10. The van der Waals surface area contributed by atoms with Crippen LogP contribution in [0.25, 0.3) is 0 Å². The highest BCUT2D eigenvalue weighted by molar-refractivity contribution is 5.97. The molecule has 1 aromatic carbocycles. The van der Waals surface area contributed by atoms with Crippen LogP contribution in [0, 0.1) is 0 Å². The molecule has 1 aromatic rings. The van der Waals surface area contributed by atoms with E-state index in [0.29, 0.717) is 0 Å². The fourth-order valence-corrected chi connectivity index (χ4v) is 3.53. The standard InChI is InChI=1S/C14H14O4/c15-13(16)9-5-6-10(14(17)18)12-8-4-2-1-3-7(8)11(9)12/h5-8H,1-4H2,(H,15,16)(H,17,18). The topological polar surface area (TPSA) is 74.6 Å². The van der Waals surface area contributed by atoms with Crippen molar-refractivity contribution in [2.75, 3.05) is 0 Å². The van der Waals surface area contributed by atoms with E-state index >= 15 is 0 Å². The van der Waals surface area contributed by atoms with E-state index in [4.69, 9.17) is 0 Å². The molecular weight excluding hydrogens is 232 g/mol. The quantitative estimate of drug-likeness (QED) is 0.841. The Kier molecular flexibility index (Phi) is 2.40. The molecule has 0 spiro atoms. The SMILES string of the molecule is O=C(O)c1ccc(C(=O)O)c2c1C1CCCCC21. The van der Waals surface area contributed by atoms with Crippen molar-refractivity contribution in [2.45, 2.75) is 37.5 Å². The fourth-order valence-electron chi connectivity index (χ4n) is 3.53. The predicted molar refractivity (Wildman–Crippen MR) is 64.3 cm³/mol. The Morgan fingerprint density at radius 3 is 1.61 bits per heavy atom. The van der Waals surface area contributed by atoms with Gasteiger partial charge < -0.3 is 10.2 Å². The number of rotatable bonds is 2. The molecule has 18 heavy (non-hydrogen) atoms. The third-order valence-corrected chi connectivity index (χ3v) is 4.26. The van der Waals surface area contributed by atoms with Gasteiger partial charge in [-0.15, -0.1) is 0 Å². The average Bonchev–Trinajstić information content (AvgIpc) is 2.33. The highest BCUT2D eigenvalue weighted by Gasteiger charge is 2.44. The Morgan fingerprint density at radius 2 is 1.28 bits per heavy atom. The monoisotopic (exact) mass is 246 g/mol. The van der Waals surface area contributed by atoms with Crippen molar-refractivity contribution >= 4 is 11.9 Å². The van der Waals surface area contributed by atoms with E-state index in [-0.39, 0.29) is 23.0 Å². The number of hydrogen-bond donors (Lipinski definition) is 2. The van der Waals surface area contributed by atoms with Crippen LogP contribution in [0.15, 0.2) is 12.1 Å². The van der Waals surface area contributed by atoms with Crippen molar-refractivity contribution in [1.82, 2.24) is 0 Å². The van der Waals surface area contributed by atoms with Gasteiger partial charge in [0.2, 0.25) is 0 Å². The number of hydrogen-bond acceptors (Lipinski definition) is 2. The maximum absolute atomic E-state index is 11.2. The molecule has 0 aliphatic heterocycles.